The first-order valence-corrected chi connectivity index (χ1v) is 6.59. The third-order valence-corrected chi connectivity index (χ3v) is 5.13. The predicted molar refractivity (Wildman–Crippen MR) is 66.3 cm³/mol. The Morgan fingerprint density at radius 2 is 2.29 bits per heavy atom. The van der Waals surface area contributed by atoms with E-state index in [1.165, 1.54) is 6.42 Å². The van der Waals surface area contributed by atoms with Crippen LogP contribution in [0, 0.1) is 23.2 Å². The molecule has 92 valence electrons. The van der Waals surface area contributed by atoms with Crippen molar-refractivity contribution in [2.45, 2.75) is 39.2 Å². The van der Waals surface area contributed by atoms with Crippen molar-refractivity contribution in [2.75, 3.05) is 0 Å². The van der Waals surface area contributed by atoms with Crippen LogP contribution in [0.3, 0.4) is 0 Å². The molecule has 0 aromatic heterocycles. The van der Waals surface area contributed by atoms with E-state index < -0.39 is 0 Å². The third kappa shape index (κ3) is 1.42. The van der Waals surface area contributed by atoms with Gasteiger partial charge in [-0.3, -0.25) is 4.79 Å². The molecule has 1 aliphatic heterocycles. The highest BCUT2D eigenvalue weighted by Gasteiger charge is 2.55. The summed E-state index contributed by atoms with van der Waals surface area (Å²) in [5.41, 5.74) is 1.40. The van der Waals surface area contributed by atoms with Crippen LogP contribution < -0.4 is 0 Å². The molecule has 2 aliphatic carbocycles. The molecule has 1 saturated carbocycles. The van der Waals surface area contributed by atoms with Crippen molar-refractivity contribution >= 4 is 5.97 Å². The molecule has 3 rings (SSSR count). The highest BCUT2D eigenvalue weighted by atomic mass is 16.6. The lowest BCUT2D eigenvalue weighted by atomic mass is 9.56. The summed E-state index contributed by atoms with van der Waals surface area (Å²) >= 11 is 0. The van der Waals surface area contributed by atoms with Crippen LogP contribution in [0.5, 0.6) is 0 Å². The van der Waals surface area contributed by atoms with Crippen molar-refractivity contribution in [3.63, 3.8) is 0 Å². The van der Waals surface area contributed by atoms with E-state index in [1.807, 2.05) is 6.92 Å². The van der Waals surface area contributed by atoms with Crippen LogP contribution in [0.1, 0.15) is 33.1 Å². The average molecular weight is 232 g/mol. The van der Waals surface area contributed by atoms with Gasteiger partial charge in [0.1, 0.15) is 6.10 Å². The Labute approximate surface area is 103 Å². The van der Waals surface area contributed by atoms with E-state index >= 15 is 0 Å². The second kappa shape index (κ2) is 3.47. The summed E-state index contributed by atoms with van der Waals surface area (Å²) in [6, 6.07) is 0. The predicted octanol–water partition coefficient (Wildman–Crippen LogP) is 3.10. The normalized spacial score (nSPS) is 48.6. The number of hydrogen-bond donors (Lipinski definition) is 0. The van der Waals surface area contributed by atoms with Gasteiger partial charge in [-0.25, -0.2) is 0 Å². The molecular weight excluding hydrogens is 212 g/mol. The summed E-state index contributed by atoms with van der Waals surface area (Å²) in [5, 5.41) is 0. The molecule has 0 unspecified atom stereocenters. The molecule has 0 amide bonds. The molecule has 2 fully saturated rings. The van der Waals surface area contributed by atoms with E-state index in [0.29, 0.717) is 11.8 Å². The van der Waals surface area contributed by atoms with Gasteiger partial charge in [0.15, 0.2) is 0 Å². The van der Waals surface area contributed by atoms with Gasteiger partial charge in [-0.05, 0) is 30.3 Å². The Kier molecular flexibility index (Phi) is 2.26. The second-order valence-corrected chi connectivity index (χ2v) is 6.21. The first-order chi connectivity index (χ1) is 8.03. The number of fused-ring (bicyclic) bond motifs is 3. The number of esters is 1. The fraction of sp³-hybridized carbons (Fsp3) is 0.667. The van der Waals surface area contributed by atoms with Crippen molar-refractivity contribution in [3.05, 3.63) is 24.3 Å². The quantitative estimate of drug-likeness (QED) is 0.600. The van der Waals surface area contributed by atoms with Crippen LogP contribution in [0.4, 0.5) is 0 Å². The molecular formula is C15H20O2. The molecule has 17 heavy (non-hydrogen) atoms. The Bertz CT molecular complexity index is 409. The van der Waals surface area contributed by atoms with Crippen LogP contribution in [-0.4, -0.2) is 12.1 Å². The lowest BCUT2D eigenvalue weighted by Crippen LogP contribution is -2.46. The third-order valence-electron chi connectivity index (χ3n) is 5.13. The van der Waals surface area contributed by atoms with E-state index in [-0.39, 0.29) is 23.4 Å². The first-order valence-electron chi connectivity index (χ1n) is 6.59. The summed E-state index contributed by atoms with van der Waals surface area (Å²) in [6.07, 6.45) is 7.81. The molecule has 5 atom stereocenters. The van der Waals surface area contributed by atoms with Crippen molar-refractivity contribution in [1.29, 1.82) is 0 Å². The van der Waals surface area contributed by atoms with Gasteiger partial charge in [-0.15, -0.1) is 0 Å². The second-order valence-electron chi connectivity index (χ2n) is 6.21. The first kappa shape index (κ1) is 11.1. The van der Waals surface area contributed by atoms with E-state index in [4.69, 9.17) is 4.74 Å². The van der Waals surface area contributed by atoms with E-state index in [1.54, 1.807) is 0 Å². The van der Waals surface area contributed by atoms with Crippen LogP contribution >= 0.6 is 0 Å². The lowest BCUT2D eigenvalue weighted by Gasteiger charge is -2.48. The maximum Gasteiger partial charge on any atom is 0.309 e. The highest BCUT2D eigenvalue weighted by molar-refractivity contribution is 5.75. The maximum atomic E-state index is 11.8. The number of ether oxygens (including phenoxy) is 1. The minimum atomic E-state index is -0.00777. The smallest absolute Gasteiger partial charge is 0.309 e. The fourth-order valence-electron chi connectivity index (χ4n) is 4.04. The van der Waals surface area contributed by atoms with Gasteiger partial charge in [0, 0.05) is 11.8 Å². The van der Waals surface area contributed by atoms with Crippen LogP contribution in [0.25, 0.3) is 0 Å². The summed E-state index contributed by atoms with van der Waals surface area (Å²) in [6.45, 7) is 8.51. The average Bonchev–Trinajstić information content (AvgIpc) is 2.54. The SMILES string of the molecule is C=C1C=CC[C@]2(C)CC[C@@H]3[C@H](OC(=O)[C@H]3C)[C@@H]12. The Hall–Kier alpha value is -1.05. The van der Waals surface area contributed by atoms with Gasteiger partial charge >= 0.3 is 5.97 Å². The maximum absolute atomic E-state index is 11.8. The number of carbonyl (C=O) groups is 1. The van der Waals surface area contributed by atoms with Crippen molar-refractivity contribution < 1.29 is 9.53 Å². The molecule has 1 saturated heterocycles. The highest BCUT2D eigenvalue weighted by Crippen LogP contribution is 2.55. The van der Waals surface area contributed by atoms with Gasteiger partial charge in [0.05, 0.1) is 5.92 Å². The molecule has 3 aliphatic rings. The van der Waals surface area contributed by atoms with Gasteiger partial charge in [-0.2, -0.15) is 0 Å². The van der Waals surface area contributed by atoms with E-state index in [2.05, 4.69) is 25.7 Å². The monoisotopic (exact) mass is 232 g/mol. The van der Waals surface area contributed by atoms with Crippen LogP contribution in [0.15, 0.2) is 24.3 Å². The summed E-state index contributed by atoms with van der Waals surface area (Å²) < 4.78 is 5.65. The minimum Gasteiger partial charge on any atom is -0.461 e. The zero-order valence-corrected chi connectivity index (χ0v) is 10.6. The summed E-state index contributed by atoms with van der Waals surface area (Å²) in [5.74, 6) is 0.804. The Morgan fingerprint density at radius 3 is 3.06 bits per heavy atom. The Balaban J connectivity index is 1.99. The molecule has 0 N–H and O–H groups in total. The summed E-state index contributed by atoms with van der Waals surface area (Å²) in [4.78, 5) is 11.8. The number of carbonyl (C=O) groups excluding carboxylic acids is 1. The molecule has 0 radical (unpaired) electrons. The molecule has 0 aromatic rings. The molecule has 0 bridgehead atoms. The lowest BCUT2D eigenvalue weighted by molar-refractivity contribution is -0.147. The largest absolute Gasteiger partial charge is 0.461 e. The zero-order valence-electron chi connectivity index (χ0n) is 10.6. The van der Waals surface area contributed by atoms with E-state index in [9.17, 15) is 4.79 Å². The summed E-state index contributed by atoms with van der Waals surface area (Å²) in [7, 11) is 0. The van der Waals surface area contributed by atoms with Crippen LogP contribution in [0.2, 0.25) is 0 Å². The fourth-order valence-corrected chi connectivity index (χ4v) is 4.04. The minimum absolute atomic E-state index is 0.00777. The van der Waals surface area contributed by atoms with Gasteiger partial charge in [0.25, 0.3) is 0 Å². The number of rotatable bonds is 0. The van der Waals surface area contributed by atoms with Crippen LogP contribution in [-0.2, 0) is 9.53 Å². The van der Waals surface area contributed by atoms with Gasteiger partial charge < -0.3 is 4.74 Å². The van der Waals surface area contributed by atoms with Gasteiger partial charge in [-0.1, -0.05) is 32.6 Å². The van der Waals surface area contributed by atoms with Crippen molar-refractivity contribution in [1.82, 2.24) is 0 Å². The number of allylic oxidation sites excluding steroid dienone is 2. The topological polar surface area (TPSA) is 26.3 Å². The Morgan fingerprint density at radius 1 is 1.53 bits per heavy atom. The van der Waals surface area contributed by atoms with Gasteiger partial charge in [0.2, 0.25) is 0 Å². The molecule has 1 heterocycles. The molecule has 0 spiro atoms. The van der Waals surface area contributed by atoms with Crippen molar-refractivity contribution in [2.24, 2.45) is 23.2 Å². The molecule has 2 nitrogen and oxygen atoms in total. The zero-order chi connectivity index (χ0) is 12.2. The molecule has 2 heteroatoms. The number of hydrogen-bond acceptors (Lipinski definition) is 2. The standard InChI is InChI=1S/C15H20O2/c1-9-5-4-7-15(3)8-6-11-10(2)14(16)17-13(11)12(9)15/h4-5,10-13H,1,6-8H2,2-3H3/t10-,11-,12+,13-,15+/m0/s1. The van der Waals surface area contributed by atoms with Crippen molar-refractivity contribution in [3.8, 4) is 0 Å². The van der Waals surface area contributed by atoms with E-state index in [0.717, 1.165) is 18.4 Å². The molecule has 0 aromatic carbocycles.